The average molecular weight is 343 g/mol. The number of carbonyl (C=O) groups excluding carboxylic acids is 1. The van der Waals surface area contributed by atoms with Gasteiger partial charge in [-0.25, -0.2) is 0 Å². The van der Waals surface area contributed by atoms with Crippen LogP contribution in [0.1, 0.15) is 37.6 Å². The number of halogens is 1. The second kappa shape index (κ2) is 7.09. The van der Waals surface area contributed by atoms with Gasteiger partial charge >= 0.3 is 0 Å². The number of nitrogens with two attached hydrogens (primary N) is 1. The summed E-state index contributed by atoms with van der Waals surface area (Å²) in [6.07, 6.45) is 0.865. The number of phenolic OH excluding ortho intramolecular Hbond substituents is 1. The zero-order valence-corrected chi connectivity index (χ0v) is 13.9. The molecular formula is C15H23BrN2O2. The van der Waals surface area contributed by atoms with E-state index < -0.39 is 0 Å². The van der Waals surface area contributed by atoms with Gasteiger partial charge in [0, 0.05) is 17.6 Å². The van der Waals surface area contributed by atoms with Gasteiger partial charge in [-0.05, 0) is 36.6 Å². The number of hydrogen-bond donors (Lipinski definition) is 2. The first-order valence-corrected chi connectivity index (χ1v) is 7.58. The predicted octanol–water partition coefficient (Wildman–Crippen LogP) is 2.99. The third kappa shape index (κ3) is 4.49. The Morgan fingerprint density at radius 1 is 1.45 bits per heavy atom. The quantitative estimate of drug-likeness (QED) is 0.834. The molecule has 1 aromatic carbocycles. The van der Waals surface area contributed by atoms with Gasteiger partial charge in [-0.15, -0.1) is 0 Å². The Kier molecular flexibility index (Phi) is 6.02. The van der Waals surface area contributed by atoms with Crippen molar-refractivity contribution in [3.05, 3.63) is 28.2 Å². The van der Waals surface area contributed by atoms with E-state index in [2.05, 4.69) is 15.9 Å². The van der Waals surface area contributed by atoms with Gasteiger partial charge in [0.25, 0.3) is 5.91 Å². The maximum absolute atomic E-state index is 12.6. The van der Waals surface area contributed by atoms with Gasteiger partial charge in [-0.1, -0.05) is 36.7 Å². The van der Waals surface area contributed by atoms with Crippen molar-refractivity contribution in [3.8, 4) is 5.75 Å². The van der Waals surface area contributed by atoms with Gasteiger partial charge < -0.3 is 15.7 Å². The number of benzene rings is 1. The first-order valence-electron chi connectivity index (χ1n) is 6.78. The Bertz CT molecular complexity index is 475. The van der Waals surface area contributed by atoms with E-state index >= 15 is 0 Å². The van der Waals surface area contributed by atoms with Crippen LogP contribution in [0.3, 0.4) is 0 Å². The molecule has 0 aromatic heterocycles. The Balaban J connectivity index is 2.99. The summed E-state index contributed by atoms with van der Waals surface area (Å²) in [4.78, 5) is 14.3. The van der Waals surface area contributed by atoms with Crippen molar-refractivity contribution in [2.24, 2.45) is 11.1 Å². The number of hydrogen-bond acceptors (Lipinski definition) is 3. The molecule has 20 heavy (non-hydrogen) atoms. The molecule has 1 aromatic rings. The second-order valence-electron chi connectivity index (χ2n) is 5.76. The molecule has 0 spiro atoms. The number of aromatic hydroxyl groups is 1. The maximum atomic E-state index is 12.6. The lowest BCUT2D eigenvalue weighted by molar-refractivity contribution is 0.0686. The van der Waals surface area contributed by atoms with Crippen molar-refractivity contribution in [3.63, 3.8) is 0 Å². The molecule has 5 heteroatoms. The molecule has 0 radical (unpaired) electrons. The lowest BCUT2D eigenvalue weighted by atomic mass is 9.92. The molecule has 1 amide bonds. The summed E-state index contributed by atoms with van der Waals surface area (Å²) >= 11 is 3.27. The summed E-state index contributed by atoms with van der Waals surface area (Å²) in [7, 11) is 0. The van der Waals surface area contributed by atoms with Crippen LogP contribution in [-0.2, 0) is 0 Å². The van der Waals surface area contributed by atoms with E-state index in [1.54, 1.807) is 17.0 Å². The van der Waals surface area contributed by atoms with E-state index in [-0.39, 0.29) is 17.1 Å². The molecular weight excluding hydrogens is 320 g/mol. The van der Waals surface area contributed by atoms with Gasteiger partial charge in [0.15, 0.2) is 0 Å². The minimum Gasteiger partial charge on any atom is -0.507 e. The summed E-state index contributed by atoms with van der Waals surface area (Å²) < 4.78 is 0.746. The molecule has 0 fully saturated rings. The SMILES string of the molecule is CCCN(CC(C)(C)CN)C(=O)c1ccc(Br)cc1O. The summed E-state index contributed by atoms with van der Waals surface area (Å²) in [5.41, 5.74) is 5.93. The van der Waals surface area contributed by atoms with Gasteiger partial charge in [-0.2, -0.15) is 0 Å². The molecule has 1 rings (SSSR count). The number of carbonyl (C=O) groups is 1. The van der Waals surface area contributed by atoms with E-state index in [0.717, 1.165) is 10.9 Å². The molecule has 0 heterocycles. The fourth-order valence-corrected chi connectivity index (χ4v) is 2.31. The zero-order valence-electron chi connectivity index (χ0n) is 12.3. The molecule has 0 aliphatic carbocycles. The number of nitrogens with zero attached hydrogens (tertiary/aromatic N) is 1. The highest BCUT2D eigenvalue weighted by Gasteiger charge is 2.25. The van der Waals surface area contributed by atoms with Crippen molar-refractivity contribution in [1.82, 2.24) is 4.90 Å². The molecule has 0 saturated carbocycles. The highest BCUT2D eigenvalue weighted by molar-refractivity contribution is 9.10. The first-order chi connectivity index (χ1) is 9.30. The summed E-state index contributed by atoms with van der Waals surface area (Å²) in [6, 6.07) is 4.93. The smallest absolute Gasteiger partial charge is 0.257 e. The first kappa shape index (κ1) is 17.0. The molecule has 0 aliphatic rings. The predicted molar refractivity (Wildman–Crippen MR) is 84.8 cm³/mol. The molecule has 0 aliphatic heterocycles. The van der Waals surface area contributed by atoms with Crippen LogP contribution in [0.5, 0.6) is 5.75 Å². The monoisotopic (exact) mass is 342 g/mol. The minimum absolute atomic E-state index is 0.00367. The van der Waals surface area contributed by atoms with Crippen LogP contribution < -0.4 is 5.73 Å². The van der Waals surface area contributed by atoms with Crippen molar-refractivity contribution in [2.45, 2.75) is 27.2 Å². The van der Waals surface area contributed by atoms with Crippen molar-refractivity contribution < 1.29 is 9.90 Å². The number of rotatable bonds is 6. The van der Waals surface area contributed by atoms with E-state index in [1.165, 1.54) is 6.07 Å². The van der Waals surface area contributed by atoms with Crippen LogP contribution in [0.15, 0.2) is 22.7 Å². The van der Waals surface area contributed by atoms with Crippen LogP contribution in [0.2, 0.25) is 0 Å². The highest BCUT2D eigenvalue weighted by atomic mass is 79.9. The Morgan fingerprint density at radius 2 is 2.10 bits per heavy atom. The van der Waals surface area contributed by atoms with Crippen molar-refractivity contribution >= 4 is 21.8 Å². The third-order valence-corrected chi connectivity index (χ3v) is 3.64. The summed E-state index contributed by atoms with van der Waals surface area (Å²) in [5.74, 6) is -0.158. The van der Waals surface area contributed by atoms with Gasteiger partial charge in [0.2, 0.25) is 0 Å². The van der Waals surface area contributed by atoms with Crippen molar-refractivity contribution in [2.75, 3.05) is 19.6 Å². The second-order valence-corrected chi connectivity index (χ2v) is 6.67. The van der Waals surface area contributed by atoms with Gasteiger partial charge in [0.1, 0.15) is 5.75 Å². The van der Waals surface area contributed by atoms with E-state index in [9.17, 15) is 9.90 Å². The third-order valence-electron chi connectivity index (χ3n) is 3.14. The van der Waals surface area contributed by atoms with Crippen molar-refractivity contribution in [1.29, 1.82) is 0 Å². The Labute approximate surface area is 129 Å². The molecule has 0 saturated heterocycles. The highest BCUT2D eigenvalue weighted by Crippen LogP contribution is 2.25. The molecule has 112 valence electrons. The van der Waals surface area contributed by atoms with E-state index in [4.69, 9.17) is 5.73 Å². The summed E-state index contributed by atoms with van der Waals surface area (Å²) in [5, 5.41) is 9.93. The van der Waals surface area contributed by atoms with Crippen LogP contribution in [0.25, 0.3) is 0 Å². The van der Waals surface area contributed by atoms with E-state index in [0.29, 0.717) is 25.2 Å². The zero-order chi connectivity index (χ0) is 15.3. The molecule has 4 nitrogen and oxygen atoms in total. The van der Waals surface area contributed by atoms with Crippen LogP contribution in [-0.4, -0.2) is 35.5 Å². The Morgan fingerprint density at radius 3 is 2.60 bits per heavy atom. The standard InChI is InChI=1S/C15H23BrN2O2/c1-4-7-18(10-15(2,3)9-17)14(20)12-6-5-11(16)8-13(12)19/h5-6,8,19H,4,7,9-10,17H2,1-3H3. The van der Waals surface area contributed by atoms with Crippen LogP contribution >= 0.6 is 15.9 Å². The maximum Gasteiger partial charge on any atom is 0.257 e. The molecule has 0 atom stereocenters. The van der Waals surface area contributed by atoms with Gasteiger partial charge in [-0.3, -0.25) is 4.79 Å². The largest absolute Gasteiger partial charge is 0.507 e. The average Bonchev–Trinajstić information content (AvgIpc) is 2.37. The van der Waals surface area contributed by atoms with Crippen LogP contribution in [0, 0.1) is 5.41 Å². The van der Waals surface area contributed by atoms with Crippen LogP contribution in [0.4, 0.5) is 0 Å². The van der Waals surface area contributed by atoms with Gasteiger partial charge in [0.05, 0.1) is 5.56 Å². The topological polar surface area (TPSA) is 66.6 Å². The lowest BCUT2D eigenvalue weighted by Gasteiger charge is -2.32. The minimum atomic E-state index is -0.154. The number of phenols is 1. The fourth-order valence-electron chi connectivity index (χ4n) is 1.96. The molecule has 3 N–H and O–H groups in total. The normalized spacial score (nSPS) is 11.4. The van der Waals surface area contributed by atoms with E-state index in [1.807, 2.05) is 20.8 Å². The molecule has 0 unspecified atom stereocenters. The lowest BCUT2D eigenvalue weighted by Crippen LogP contribution is -2.42. The number of amides is 1. The fraction of sp³-hybridized carbons (Fsp3) is 0.533. The molecule has 0 bridgehead atoms. The summed E-state index contributed by atoms with van der Waals surface area (Å²) in [6.45, 7) is 7.82. The Hall–Kier alpha value is -1.07.